The quantitative estimate of drug-likeness (QED) is 0.579. The molecule has 0 saturated heterocycles. The van der Waals surface area contributed by atoms with Crippen LogP contribution in [0, 0.1) is 0 Å². The van der Waals surface area contributed by atoms with Gasteiger partial charge in [0.1, 0.15) is 12.4 Å². The molecule has 1 N–H and O–H groups in total. The summed E-state index contributed by atoms with van der Waals surface area (Å²) < 4.78 is 10.9. The molecule has 0 aromatic heterocycles. The highest BCUT2D eigenvalue weighted by Crippen LogP contribution is 2.38. The van der Waals surface area contributed by atoms with Gasteiger partial charge in [0.2, 0.25) is 6.29 Å². The van der Waals surface area contributed by atoms with Crippen molar-refractivity contribution < 1.29 is 24.2 Å². The van der Waals surface area contributed by atoms with Crippen molar-refractivity contribution >= 4 is 23.0 Å². The van der Waals surface area contributed by atoms with E-state index in [2.05, 4.69) is 0 Å². The van der Waals surface area contributed by atoms with E-state index >= 15 is 0 Å². The van der Waals surface area contributed by atoms with Crippen LogP contribution in [0.15, 0.2) is 54.6 Å². The van der Waals surface area contributed by atoms with Gasteiger partial charge in [-0.3, -0.25) is 4.79 Å². The molecule has 1 aliphatic rings. The number of carbonyl (C=O) groups is 2. The maximum atomic E-state index is 12.3. The molecule has 0 spiro atoms. The second-order valence-electron chi connectivity index (χ2n) is 6.10. The number of ether oxygens (including phenoxy) is 2. The van der Waals surface area contributed by atoms with E-state index in [1.54, 1.807) is 12.1 Å². The van der Waals surface area contributed by atoms with Crippen LogP contribution in [0.25, 0.3) is 10.8 Å². The van der Waals surface area contributed by atoms with Gasteiger partial charge in [0.25, 0.3) is 0 Å². The van der Waals surface area contributed by atoms with Crippen LogP contribution in [-0.2, 0) is 17.8 Å². The third kappa shape index (κ3) is 2.72. The lowest BCUT2D eigenvalue weighted by Crippen LogP contribution is -2.28. The van der Waals surface area contributed by atoms with Gasteiger partial charge in [0, 0.05) is 17.2 Å². The van der Waals surface area contributed by atoms with Crippen molar-refractivity contribution in [2.75, 3.05) is 0 Å². The van der Waals surface area contributed by atoms with E-state index in [1.807, 2.05) is 42.5 Å². The van der Waals surface area contributed by atoms with Crippen LogP contribution in [0.2, 0.25) is 0 Å². The van der Waals surface area contributed by atoms with Gasteiger partial charge in [-0.25, -0.2) is 4.79 Å². The van der Waals surface area contributed by atoms with Gasteiger partial charge in [-0.2, -0.15) is 0 Å². The van der Waals surface area contributed by atoms with Gasteiger partial charge in [0.05, 0.1) is 11.1 Å². The Morgan fingerprint density at radius 1 is 1.08 bits per heavy atom. The molecule has 0 bridgehead atoms. The Labute approximate surface area is 149 Å². The third-order valence-corrected chi connectivity index (χ3v) is 4.48. The molecule has 26 heavy (non-hydrogen) atoms. The summed E-state index contributed by atoms with van der Waals surface area (Å²) >= 11 is 0. The molecule has 3 aromatic carbocycles. The zero-order valence-electron chi connectivity index (χ0n) is 13.8. The zero-order valence-corrected chi connectivity index (χ0v) is 13.8. The van der Waals surface area contributed by atoms with E-state index in [4.69, 9.17) is 9.47 Å². The van der Waals surface area contributed by atoms with Crippen molar-refractivity contribution in [3.05, 3.63) is 76.9 Å². The first-order valence-corrected chi connectivity index (χ1v) is 8.27. The Morgan fingerprint density at radius 2 is 1.77 bits per heavy atom. The predicted octanol–water partition coefficient (Wildman–Crippen LogP) is 3.26. The molecule has 1 aliphatic heterocycles. The maximum absolute atomic E-state index is 12.3. The van der Waals surface area contributed by atoms with Crippen molar-refractivity contribution in [2.45, 2.75) is 19.3 Å². The van der Waals surface area contributed by atoms with E-state index in [-0.39, 0.29) is 18.6 Å². The molecule has 0 radical (unpaired) electrons. The Morgan fingerprint density at radius 3 is 2.50 bits per heavy atom. The van der Waals surface area contributed by atoms with E-state index in [1.165, 1.54) is 0 Å². The standard InChI is InChI=1S/C21H16O5/c22-11-17-16-10-18(23)26-21(24)19(16)14-8-4-5-9-15(14)20(17)25-12-13-6-2-1-3-7-13/h1-9,11,18,23H,10,12H2. The van der Waals surface area contributed by atoms with Crippen molar-refractivity contribution in [3.63, 3.8) is 0 Å². The molecular weight excluding hydrogens is 332 g/mol. The van der Waals surface area contributed by atoms with Crippen LogP contribution in [0.3, 0.4) is 0 Å². The van der Waals surface area contributed by atoms with Crippen LogP contribution in [0.4, 0.5) is 0 Å². The number of benzene rings is 3. The Bertz CT molecular complexity index is 994. The number of rotatable bonds is 4. The molecular formula is C21H16O5. The lowest BCUT2D eigenvalue weighted by molar-refractivity contribution is -0.0685. The Hall–Kier alpha value is -3.18. The van der Waals surface area contributed by atoms with Gasteiger partial charge in [-0.05, 0) is 11.1 Å². The second-order valence-corrected chi connectivity index (χ2v) is 6.10. The zero-order chi connectivity index (χ0) is 18.1. The average Bonchev–Trinajstić information content (AvgIpc) is 2.66. The van der Waals surface area contributed by atoms with Crippen LogP contribution >= 0.6 is 0 Å². The fraction of sp³-hybridized carbons (Fsp3) is 0.143. The summed E-state index contributed by atoms with van der Waals surface area (Å²) in [5.74, 6) is -0.215. The first kappa shape index (κ1) is 16.3. The molecule has 0 amide bonds. The first-order chi connectivity index (χ1) is 12.7. The Balaban J connectivity index is 1.90. The Kier molecular flexibility index (Phi) is 4.14. The number of hydrogen-bond donors (Lipinski definition) is 1. The number of aliphatic hydroxyl groups is 1. The summed E-state index contributed by atoms with van der Waals surface area (Å²) in [5.41, 5.74) is 2.03. The van der Waals surface area contributed by atoms with Crippen molar-refractivity contribution in [1.29, 1.82) is 0 Å². The van der Waals surface area contributed by atoms with Gasteiger partial charge < -0.3 is 14.6 Å². The highest BCUT2D eigenvalue weighted by Gasteiger charge is 2.31. The number of aldehydes is 1. The van der Waals surface area contributed by atoms with E-state index in [0.717, 1.165) is 5.56 Å². The molecule has 5 heteroatoms. The van der Waals surface area contributed by atoms with Crippen molar-refractivity contribution in [3.8, 4) is 5.75 Å². The SMILES string of the molecule is O=Cc1c2c(c3ccccc3c1OCc1ccccc1)C(=O)OC(O)C2. The summed E-state index contributed by atoms with van der Waals surface area (Å²) in [5, 5.41) is 11.1. The smallest absolute Gasteiger partial charge is 0.341 e. The van der Waals surface area contributed by atoms with Gasteiger partial charge in [-0.1, -0.05) is 54.6 Å². The number of esters is 1. The monoisotopic (exact) mass is 348 g/mol. The topological polar surface area (TPSA) is 72.8 Å². The van der Waals surface area contributed by atoms with E-state index in [0.29, 0.717) is 33.9 Å². The highest BCUT2D eigenvalue weighted by molar-refractivity contribution is 6.12. The molecule has 1 heterocycles. The van der Waals surface area contributed by atoms with Crippen molar-refractivity contribution in [1.82, 2.24) is 0 Å². The van der Waals surface area contributed by atoms with Crippen LogP contribution in [-0.4, -0.2) is 23.7 Å². The van der Waals surface area contributed by atoms with Crippen LogP contribution in [0.1, 0.15) is 31.8 Å². The minimum atomic E-state index is -1.27. The molecule has 0 saturated carbocycles. The number of carbonyl (C=O) groups excluding carboxylic acids is 2. The highest BCUT2D eigenvalue weighted by atomic mass is 16.6. The fourth-order valence-electron chi connectivity index (χ4n) is 3.33. The predicted molar refractivity (Wildman–Crippen MR) is 95.2 cm³/mol. The minimum absolute atomic E-state index is 0.0572. The fourth-order valence-corrected chi connectivity index (χ4v) is 3.33. The molecule has 5 nitrogen and oxygen atoms in total. The molecule has 1 atom stereocenters. The molecule has 0 aliphatic carbocycles. The largest absolute Gasteiger partial charge is 0.487 e. The number of cyclic esters (lactones) is 1. The summed E-state index contributed by atoms with van der Waals surface area (Å²) in [6, 6.07) is 16.8. The van der Waals surface area contributed by atoms with Crippen molar-refractivity contribution in [2.24, 2.45) is 0 Å². The third-order valence-electron chi connectivity index (χ3n) is 4.48. The first-order valence-electron chi connectivity index (χ1n) is 8.27. The lowest BCUT2D eigenvalue weighted by Gasteiger charge is -2.25. The second kappa shape index (κ2) is 6.61. The average molecular weight is 348 g/mol. The summed E-state index contributed by atoms with van der Waals surface area (Å²) in [6.07, 6.45) is -0.532. The summed E-state index contributed by atoms with van der Waals surface area (Å²) in [4.78, 5) is 24.2. The summed E-state index contributed by atoms with van der Waals surface area (Å²) in [6.45, 7) is 0.289. The minimum Gasteiger partial charge on any atom is -0.487 e. The molecule has 130 valence electrons. The van der Waals surface area contributed by atoms with Gasteiger partial charge in [0.15, 0.2) is 6.29 Å². The summed E-state index contributed by atoms with van der Waals surface area (Å²) in [7, 11) is 0. The normalized spacial score (nSPS) is 16.0. The lowest BCUT2D eigenvalue weighted by atomic mass is 9.90. The molecule has 0 fully saturated rings. The van der Waals surface area contributed by atoms with Gasteiger partial charge in [-0.15, -0.1) is 0 Å². The van der Waals surface area contributed by atoms with E-state index < -0.39 is 12.3 Å². The van der Waals surface area contributed by atoms with E-state index in [9.17, 15) is 14.7 Å². The number of hydrogen-bond acceptors (Lipinski definition) is 5. The van der Waals surface area contributed by atoms with Crippen LogP contribution < -0.4 is 4.74 Å². The van der Waals surface area contributed by atoms with Gasteiger partial charge >= 0.3 is 5.97 Å². The number of fused-ring (bicyclic) bond motifs is 3. The molecule has 4 rings (SSSR count). The number of aliphatic hydroxyl groups excluding tert-OH is 1. The van der Waals surface area contributed by atoms with Crippen LogP contribution in [0.5, 0.6) is 5.75 Å². The maximum Gasteiger partial charge on any atom is 0.341 e. The molecule has 1 unspecified atom stereocenters. The molecule has 3 aromatic rings.